The largest absolute Gasteiger partial charge is 0.398 e. The topological polar surface area (TPSA) is 86.2 Å². The van der Waals surface area contributed by atoms with Crippen molar-refractivity contribution in [3.05, 3.63) is 24.0 Å². The lowest BCUT2D eigenvalue weighted by atomic mass is 9.81. The molecule has 1 aromatic rings. The molecule has 0 radical (unpaired) electrons. The molecule has 1 aliphatic carbocycles. The maximum absolute atomic E-state index is 6.03. The zero-order chi connectivity index (χ0) is 13.7. The van der Waals surface area contributed by atoms with E-state index in [0.717, 1.165) is 5.56 Å². The quantitative estimate of drug-likeness (QED) is 0.557. The second-order valence-electron chi connectivity index (χ2n) is 5.25. The number of rotatable bonds is 5. The molecule has 0 aromatic carbocycles. The van der Waals surface area contributed by atoms with E-state index in [0.29, 0.717) is 11.6 Å². The average molecular weight is 264 g/mol. The molecule has 2 unspecified atom stereocenters. The normalized spacial score (nSPS) is 20.1. The fraction of sp³-hybridized carbons (Fsp3) is 0.643. The van der Waals surface area contributed by atoms with E-state index < -0.39 is 0 Å². The molecule has 5 heteroatoms. The van der Waals surface area contributed by atoms with Gasteiger partial charge >= 0.3 is 0 Å². The van der Waals surface area contributed by atoms with Gasteiger partial charge in [-0.1, -0.05) is 19.3 Å². The Morgan fingerprint density at radius 2 is 2.11 bits per heavy atom. The lowest BCUT2D eigenvalue weighted by Crippen LogP contribution is -2.42. The van der Waals surface area contributed by atoms with Crippen LogP contribution in [0.15, 0.2) is 18.5 Å². The molecule has 1 saturated carbocycles. The summed E-state index contributed by atoms with van der Waals surface area (Å²) >= 11 is 0. The average Bonchev–Trinajstić information content (AvgIpc) is 2.46. The van der Waals surface area contributed by atoms with Crippen LogP contribution in [0.4, 0.5) is 5.69 Å². The molecule has 106 valence electrons. The zero-order valence-corrected chi connectivity index (χ0v) is 11.5. The van der Waals surface area contributed by atoms with E-state index in [1.807, 2.05) is 0 Å². The van der Waals surface area contributed by atoms with Crippen LogP contribution in [0.2, 0.25) is 0 Å². The van der Waals surface area contributed by atoms with Gasteiger partial charge in [0.15, 0.2) is 0 Å². The number of ether oxygens (including phenoxy) is 1. The van der Waals surface area contributed by atoms with E-state index in [4.69, 9.17) is 16.3 Å². The van der Waals surface area contributed by atoms with Gasteiger partial charge in [-0.25, -0.2) is 0 Å². The highest BCUT2D eigenvalue weighted by molar-refractivity contribution is 5.46. The van der Waals surface area contributed by atoms with Gasteiger partial charge in [0.05, 0.1) is 12.1 Å². The number of methoxy groups -OCH3 is 1. The standard InChI is InChI=1S/C14H24N4O/c1-19-14(10-5-3-2-4-6-10)13(18-16)11-9-17-8-7-12(11)15/h7-10,13-14,18H,2-6,16H2,1H3,(H2,15,17). The number of pyridine rings is 1. The first-order valence-corrected chi connectivity index (χ1v) is 6.96. The van der Waals surface area contributed by atoms with Crippen LogP contribution < -0.4 is 17.0 Å². The van der Waals surface area contributed by atoms with Crippen LogP contribution in [0.3, 0.4) is 0 Å². The SMILES string of the molecule is COC(C1CCCCC1)C(NN)c1cnccc1N. The van der Waals surface area contributed by atoms with Crippen molar-refractivity contribution in [3.63, 3.8) is 0 Å². The molecule has 0 aliphatic heterocycles. The van der Waals surface area contributed by atoms with Crippen molar-refractivity contribution in [1.29, 1.82) is 0 Å². The minimum Gasteiger partial charge on any atom is -0.398 e. The summed E-state index contributed by atoms with van der Waals surface area (Å²) in [5.41, 5.74) is 10.5. The molecule has 5 N–H and O–H groups in total. The van der Waals surface area contributed by atoms with Crippen molar-refractivity contribution in [2.45, 2.75) is 44.2 Å². The molecule has 0 bridgehead atoms. The molecule has 2 atom stereocenters. The summed E-state index contributed by atoms with van der Waals surface area (Å²) in [5, 5.41) is 0. The Kier molecular flexibility index (Phi) is 5.13. The molecular weight excluding hydrogens is 240 g/mol. The molecule has 0 saturated heterocycles. The fourth-order valence-corrected chi connectivity index (χ4v) is 3.10. The summed E-state index contributed by atoms with van der Waals surface area (Å²) in [6, 6.07) is 1.69. The number of nitrogens with one attached hydrogen (secondary N) is 1. The summed E-state index contributed by atoms with van der Waals surface area (Å²) in [6.07, 6.45) is 9.74. The van der Waals surface area contributed by atoms with Crippen LogP contribution in [0.25, 0.3) is 0 Å². The molecule has 0 amide bonds. The Balaban J connectivity index is 2.20. The predicted octanol–water partition coefficient (Wildman–Crippen LogP) is 1.76. The van der Waals surface area contributed by atoms with E-state index in [1.165, 1.54) is 32.1 Å². The molecule has 1 aromatic heterocycles. The first-order valence-electron chi connectivity index (χ1n) is 6.96. The summed E-state index contributed by atoms with van der Waals surface area (Å²) in [7, 11) is 1.75. The maximum atomic E-state index is 6.03. The van der Waals surface area contributed by atoms with E-state index in [2.05, 4.69) is 10.4 Å². The van der Waals surface area contributed by atoms with Gasteiger partial charge in [-0.05, 0) is 24.8 Å². The molecule has 1 aliphatic rings. The van der Waals surface area contributed by atoms with Gasteiger partial charge in [0.1, 0.15) is 0 Å². The van der Waals surface area contributed by atoms with Gasteiger partial charge in [0.25, 0.3) is 0 Å². The van der Waals surface area contributed by atoms with Gasteiger partial charge in [0.2, 0.25) is 0 Å². The summed E-state index contributed by atoms with van der Waals surface area (Å²) in [6.45, 7) is 0. The lowest BCUT2D eigenvalue weighted by Gasteiger charge is -2.35. The van der Waals surface area contributed by atoms with Crippen molar-refractivity contribution in [3.8, 4) is 0 Å². The Hall–Kier alpha value is -1.17. The Morgan fingerprint density at radius 3 is 2.68 bits per heavy atom. The van der Waals surface area contributed by atoms with Crippen LogP contribution in [0.1, 0.15) is 43.7 Å². The number of nitrogens with zero attached hydrogens (tertiary/aromatic N) is 1. The first-order chi connectivity index (χ1) is 9.27. The van der Waals surface area contributed by atoms with Crippen molar-refractivity contribution >= 4 is 5.69 Å². The Labute approximate surface area is 114 Å². The number of hydrogen-bond donors (Lipinski definition) is 3. The summed E-state index contributed by atoms with van der Waals surface area (Å²) < 4.78 is 5.73. The zero-order valence-electron chi connectivity index (χ0n) is 11.5. The van der Waals surface area contributed by atoms with Crippen molar-refractivity contribution in [2.75, 3.05) is 12.8 Å². The molecule has 1 heterocycles. The second kappa shape index (κ2) is 6.84. The van der Waals surface area contributed by atoms with Crippen LogP contribution in [-0.2, 0) is 4.74 Å². The predicted molar refractivity (Wildman–Crippen MR) is 76.1 cm³/mol. The van der Waals surface area contributed by atoms with E-state index >= 15 is 0 Å². The monoisotopic (exact) mass is 264 g/mol. The third kappa shape index (κ3) is 3.23. The van der Waals surface area contributed by atoms with Crippen molar-refractivity contribution in [2.24, 2.45) is 11.8 Å². The number of nitrogens with two attached hydrogens (primary N) is 2. The highest BCUT2D eigenvalue weighted by atomic mass is 16.5. The number of hydrogen-bond acceptors (Lipinski definition) is 5. The van der Waals surface area contributed by atoms with Crippen molar-refractivity contribution < 1.29 is 4.74 Å². The second-order valence-corrected chi connectivity index (χ2v) is 5.25. The lowest BCUT2D eigenvalue weighted by molar-refractivity contribution is 0.00759. The molecule has 2 rings (SSSR count). The number of hydrazine groups is 1. The van der Waals surface area contributed by atoms with Crippen LogP contribution in [0.5, 0.6) is 0 Å². The minimum atomic E-state index is -0.109. The smallest absolute Gasteiger partial charge is 0.0808 e. The highest BCUT2D eigenvalue weighted by Crippen LogP contribution is 2.34. The summed E-state index contributed by atoms with van der Waals surface area (Å²) in [5.74, 6) is 6.27. The van der Waals surface area contributed by atoms with Crippen LogP contribution in [-0.4, -0.2) is 18.2 Å². The molecule has 5 nitrogen and oxygen atoms in total. The van der Waals surface area contributed by atoms with Gasteiger partial charge in [-0.15, -0.1) is 0 Å². The number of anilines is 1. The van der Waals surface area contributed by atoms with Gasteiger partial charge < -0.3 is 10.5 Å². The van der Waals surface area contributed by atoms with Crippen LogP contribution in [0, 0.1) is 5.92 Å². The Morgan fingerprint density at radius 1 is 1.37 bits per heavy atom. The third-order valence-corrected chi connectivity index (χ3v) is 4.12. The molecular formula is C14H24N4O. The Bertz CT molecular complexity index is 393. The van der Waals surface area contributed by atoms with E-state index in [-0.39, 0.29) is 12.1 Å². The first kappa shape index (κ1) is 14.2. The molecule has 1 fully saturated rings. The van der Waals surface area contributed by atoms with Crippen LogP contribution >= 0.6 is 0 Å². The third-order valence-electron chi connectivity index (χ3n) is 4.12. The van der Waals surface area contributed by atoms with Gasteiger partial charge in [0, 0.05) is 30.8 Å². The van der Waals surface area contributed by atoms with E-state index in [9.17, 15) is 0 Å². The number of aromatic nitrogens is 1. The minimum absolute atomic E-state index is 0.0387. The van der Waals surface area contributed by atoms with E-state index in [1.54, 1.807) is 25.6 Å². The van der Waals surface area contributed by atoms with Gasteiger partial charge in [-0.3, -0.25) is 16.3 Å². The molecule has 19 heavy (non-hydrogen) atoms. The van der Waals surface area contributed by atoms with Crippen molar-refractivity contribution in [1.82, 2.24) is 10.4 Å². The van der Waals surface area contributed by atoms with Gasteiger partial charge in [-0.2, -0.15) is 0 Å². The maximum Gasteiger partial charge on any atom is 0.0808 e. The number of nitrogen functional groups attached to an aromatic ring is 1. The molecule has 0 spiro atoms. The highest BCUT2D eigenvalue weighted by Gasteiger charge is 2.32. The fourth-order valence-electron chi connectivity index (χ4n) is 3.10. The summed E-state index contributed by atoms with van der Waals surface area (Å²) in [4.78, 5) is 4.15.